The van der Waals surface area contributed by atoms with Crippen molar-refractivity contribution in [1.29, 1.82) is 0 Å². The monoisotopic (exact) mass is 248 g/mol. The van der Waals surface area contributed by atoms with Crippen LogP contribution in [0.2, 0.25) is 0 Å². The van der Waals surface area contributed by atoms with Gasteiger partial charge in [-0.25, -0.2) is 0 Å². The molecule has 1 saturated carbocycles. The molecule has 2 rings (SSSR count). The first-order chi connectivity index (χ1) is 8.76. The van der Waals surface area contributed by atoms with Crippen LogP contribution in [0.4, 0.5) is 5.69 Å². The number of anilines is 1. The van der Waals surface area contributed by atoms with Gasteiger partial charge in [-0.15, -0.1) is 0 Å². The number of nitrogens with two attached hydrogens (primary N) is 1. The summed E-state index contributed by atoms with van der Waals surface area (Å²) in [5.74, 6) is 1.24. The largest absolute Gasteiger partial charge is 0.494 e. The summed E-state index contributed by atoms with van der Waals surface area (Å²) >= 11 is 0. The van der Waals surface area contributed by atoms with E-state index in [1.165, 1.54) is 0 Å². The molecule has 0 heterocycles. The maximum atomic E-state index is 12.1. The van der Waals surface area contributed by atoms with E-state index in [0.717, 1.165) is 24.3 Å². The molecule has 1 aliphatic carbocycles. The van der Waals surface area contributed by atoms with Gasteiger partial charge in [0.15, 0.2) is 0 Å². The Labute approximate surface area is 108 Å². The number of hydrogen-bond donors (Lipinski definition) is 1. The van der Waals surface area contributed by atoms with Crippen LogP contribution in [-0.2, 0) is 4.79 Å². The fourth-order valence-corrected chi connectivity index (χ4v) is 1.94. The minimum absolute atomic E-state index is 0.199. The van der Waals surface area contributed by atoms with Gasteiger partial charge in [-0.1, -0.05) is 0 Å². The minimum Gasteiger partial charge on any atom is -0.494 e. The van der Waals surface area contributed by atoms with E-state index in [9.17, 15) is 4.79 Å². The van der Waals surface area contributed by atoms with Crippen LogP contribution in [0.15, 0.2) is 24.3 Å². The Morgan fingerprint density at radius 3 is 2.56 bits per heavy atom. The van der Waals surface area contributed by atoms with Crippen molar-refractivity contribution in [3.8, 4) is 5.75 Å². The minimum atomic E-state index is 0.199. The molecule has 4 nitrogen and oxygen atoms in total. The van der Waals surface area contributed by atoms with E-state index in [2.05, 4.69) is 0 Å². The van der Waals surface area contributed by atoms with E-state index in [-0.39, 0.29) is 11.8 Å². The Balaban J connectivity index is 2.11. The number of ether oxygens (including phenoxy) is 1. The molecule has 4 heteroatoms. The second-order valence-corrected chi connectivity index (χ2v) is 4.48. The average Bonchev–Trinajstić information content (AvgIpc) is 3.21. The summed E-state index contributed by atoms with van der Waals surface area (Å²) in [5.41, 5.74) is 6.49. The summed E-state index contributed by atoms with van der Waals surface area (Å²) in [6.07, 6.45) is 2.02. The summed E-state index contributed by atoms with van der Waals surface area (Å²) in [4.78, 5) is 13.9. The summed E-state index contributed by atoms with van der Waals surface area (Å²) in [7, 11) is 0. The Morgan fingerprint density at radius 2 is 2.06 bits per heavy atom. The molecule has 0 spiro atoms. The summed E-state index contributed by atoms with van der Waals surface area (Å²) in [6.45, 7) is 3.65. The second-order valence-electron chi connectivity index (χ2n) is 4.48. The fraction of sp³-hybridized carbons (Fsp3) is 0.500. The van der Waals surface area contributed by atoms with Gasteiger partial charge >= 0.3 is 0 Å². The van der Waals surface area contributed by atoms with Gasteiger partial charge in [0.1, 0.15) is 5.75 Å². The van der Waals surface area contributed by atoms with Gasteiger partial charge in [0.2, 0.25) is 5.91 Å². The molecule has 0 bridgehead atoms. The molecule has 0 aliphatic heterocycles. The molecule has 18 heavy (non-hydrogen) atoms. The molecule has 0 atom stereocenters. The van der Waals surface area contributed by atoms with Crippen molar-refractivity contribution in [1.82, 2.24) is 0 Å². The van der Waals surface area contributed by atoms with E-state index < -0.39 is 0 Å². The van der Waals surface area contributed by atoms with Crippen LogP contribution in [0, 0.1) is 5.92 Å². The lowest BCUT2D eigenvalue weighted by molar-refractivity contribution is -0.119. The summed E-state index contributed by atoms with van der Waals surface area (Å²) < 4.78 is 5.39. The number of carbonyl (C=O) groups is 1. The molecule has 0 saturated heterocycles. The molecule has 1 aliphatic rings. The number of benzene rings is 1. The number of amides is 1. The molecule has 0 unspecified atom stereocenters. The van der Waals surface area contributed by atoms with Gasteiger partial charge in [0, 0.05) is 24.7 Å². The molecular weight excluding hydrogens is 228 g/mol. The van der Waals surface area contributed by atoms with E-state index in [0.29, 0.717) is 19.7 Å². The molecule has 0 radical (unpaired) electrons. The number of rotatable bonds is 6. The molecule has 1 amide bonds. The van der Waals surface area contributed by atoms with Crippen molar-refractivity contribution in [2.24, 2.45) is 11.7 Å². The Morgan fingerprint density at radius 1 is 1.39 bits per heavy atom. The lowest BCUT2D eigenvalue weighted by Crippen LogP contribution is -2.36. The van der Waals surface area contributed by atoms with Gasteiger partial charge < -0.3 is 15.4 Å². The van der Waals surface area contributed by atoms with Gasteiger partial charge in [-0.05, 0) is 44.0 Å². The second kappa shape index (κ2) is 5.87. The van der Waals surface area contributed by atoms with Crippen LogP contribution >= 0.6 is 0 Å². The highest BCUT2D eigenvalue weighted by atomic mass is 16.5. The zero-order chi connectivity index (χ0) is 13.0. The van der Waals surface area contributed by atoms with Crippen molar-refractivity contribution in [3.05, 3.63) is 24.3 Å². The van der Waals surface area contributed by atoms with Crippen molar-refractivity contribution in [2.45, 2.75) is 19.8 Å². The van der Waals surface area contributed by atoms with Crippen molar-refractivity contribution >= 4 is 11.6 Å². The summed E-state index contributed by atoms with van der Waals surface area (Å²) in [5, 5.41) is 0. The highest BCUT2D eigenvalue weighted by Crippen LogP contribution is 2.33. The molecule has 1 aromatic carbocycles. The first kappa shape index (κ1) is 12.9. The van der Waals surface area contributed by atoms with Crippen LogP contribution in [0.25, 0.3) is 0 Å². The third kappa shape index (κ3) is 3.01. The zero-order valence-corrected chi connectivity index (χ0v) is 10.8. The van der Waals surface area contributed by atoms with Crippen LogP contribution in [0.1, 0.15) is 19.8 Å². The van der Waals surface area contributed by atoms with E-state index in [4.69, 9.17) is 10.5 Å². The lowest BCUT2D eigenvalue weighted by atomic mass is 10.2. The van der Waals surface area contributed by atoms with Crippen LogP contribution in [0.5, 0.6) is 5.75 Å². The van der Waals surface area contributed by atoms with Crippen molar-refractivity contribution in [2.75, 3.05) is 24.6 Å². The average molecular weight is 248 g/mol. The van der Waals surface area contributed by atoms with Crippen LogP contribution in [-0.4, -0.2) is 25.6 Å². The molecule has 1 aromatic rings. The number of nitrogens with zero attached hydrogens (tertiary/aromatic N) is 1. The third-order valence-corrected chi connectivity index (χ3v) is 3.00. The molecular formula is C14H20N2O2. The zero-order valence-electron chi connectivity index (χ0n) is 10.8. The van der Waals surface area contributed by atoms with Crippen molar-refractivity contribution < 1.29 is 9.53 Å². The first-order valence-corrected chi connectivity index (χ1v) is 6.50. The lowest BCUT2D eigenvalue weighted by Gasteiger charge is -2.22. The normalized spacial score (nSPS) is 14.3. The number of carbonyl (C=O) groups excluding carboxylic acids is 1. The summed E-state index contributed by atoms with van der Waals surface area (Å²) in [6, 6.07) is 7.62. The van der Waals surface area contributed by atoms with Gasteiger partial charge in [-0.3, -0.25) is 4.79 Å². The van der Waals surface area contributed by atoms with Crippen molar-refractivity contribution in [3.63, 3.8) is 0 Å². The topological polar surface area (TPSA) is 55.6 Å². The highest BCUT2D eigenvalue weighted by molar-refractivity contribution is 5.96. The van der Waals surface area contributed by atoms with E-state index in [1.807, 2.05) is 31.2 Å². The Hall–Kier alpha value is -1.55. The molecule has 2 N–H and O–H groups in total. The maximum absolute atomic E-state index is 12.1. The predicted octanol–water partition coefficient (Wildman–Crippen LogP) is 1.79. The van der Waals surface area contributed by atoms with Crippen LogP contribution in [0.3, 0.4) is 0 Å². The smallest absolute Gasteiger partial charge is 0.230 e. The molecule has 1 fully saturated rings. The van der Waals surface area contributed by atoms with Gasteiger partial charge in [0.25, 0.3) is 0 Å². The van der Waals surface area contributed by atoms with Gasteiger partial charge in [-0.2, -0.15) is 0 Å². The molecule has 98 valence electrons. The quantitative estimate of drug-likeness (QED) is 0.835. The van der Waals surface area contributed by atoms with Gasteiger partial charge in [0.05, 0.1) is 6.61 Å². The maximum Gasteiger partial charge on any atom is 0.230 e. The predicted molar refractivity (Wildman–Crippen MR) is 71.7 cm³/mol. The third-order valence-electron chi connectivity index (χ3n) is 3.00. The highest BCUT2D eigenvalue weighted by Gasteiger charge is 2.33. The van der Waals surface area contributed by atoms with E-state index >= 15 is 0 Å². The van der Waals surface area contributed by atoms with Crippen LogP contribution < -0.4 is 15.4 Å². The number of hydrogen-bond acceptors (Lipinski definition) is 3. The molecule has 0 aromatic heterocycles. The Bertz CT molecular complexity index is 399. The first-order valence-electron chi connectivity index (χ1n) is 6.50. The standard InChI is InChI=1S/C14H20N2O2/c1-2-18-13-7-5-12(6-8-13)16(10-9-15)14(17)11-3-4-11/h5-8,11H,2-4,9-10,15H2,1H3. The van der Waals surface area contributed by atoms with E-state index in [1.54, 1.807) is 4.90 Å². The fourth-order valence-electron chi connectivity index (χ4n) is 1.94. The Kier molecular flexibility index (Phi) is 4.20. The SMILES string of the molecule is CCOc1ccc(N(CCN)C(=O)C2CC2)cc1.